The molecule has 2 aromatic carbocycles. The van der Waals surface area contributed by atoms with Crippen LogP contribution in [0, 0.1) is 0 Å². The molecule has 0 atom stereocenters. The number of phenolic OH excluding ortho intramolecular Hbond substituents is 1. The van der Waals surface area contributed by atoms with Crippen LogP contribution < -0.4 is 4.72 Å². The van der Waals surface area contributed by atoms with Crippen molar-refractivity contribution in [3.63, 3.8) is 0 Å². The van der Waals surface area contributed by atoms with Crippen molar-refractivity contribution in [2.75, 3.05) is 4.72 Å². The third-order valence-corrected chi connectivity index (χ3v) is 5.39. The van der Waals surface area contributed by atoms with E-state index in [-0.39, 0.29) is 5.02 Å². The number of carboxylic acid groups (broad SMARTS) is 1. The number of halogens is 2. The van der Waals surface area contributed by atoms with E-state index in [1.807, 2.05) is 0 Å². The number of sulfonamides is 1. The minimum atomic E-state index is -4.32. The first-order chi connectivity index (χ1) is 11.6. The molecular formula is C15H13BrClNO6S. The molecule has 10 heteroatoms. The average Bonchev–Trinajstić information content (AvgIpc) is 2.51. The first kappa shape index (κ1) is 19.4. The van der Waals surface area contributed by atoms with Crippen LogP contribution in [0.3, 0.4) is 0 Å². The zero-order valence-electron chi connectivity index (χ0n) is 12.7. The molecule has 2 rings (SSSR count). The van der Waals surface area contributed by atoms with Crippen LogP contribution in [0.5, 0.6) is 11.5 Å². The van der Waals surface area contributed by atoms with E-state index in [1.165, 1.54) is 6.07 Å². The summed E-state index contributed by atoms with van der Waals surface area (Å²) in [5, 5.41) is 29.1. The molecule has 0 heterocycles. The van der Waals surface area contributed by atoms with Gasteiger partial charge in [0.1, 0.15) is 16.2 Å². The molecule has 0 aliphatic heterocycles. The third-order valence-electron chi connectivity index (χ3n) is 3.34. The SMILES string of the molecule is CCc1cc(Br)cc(S(=O)(=O)Nc2cc(Cl)cc(C(=O)O)c2O)c1O. The highest BCUT2D eigenvalue weighted by Crippen LogP contribution is 2.36. The van der Waals surface area contributed by atoms with Crippen LogP contribution in [0.2, 0.25) is 5.02 Å². The lowest BCUT2D eigenvalue weighted by atomic mass is 10.1. The fourth-order valence-electron chi connectivity index (χ4n) is 2.14. The molecule has 0 spiro atoms. The number of benzene rings is 2. The lowest BCUT2D eigenvalue weighted by molar-refractivity contribution is 0.0694. The minimum Gasteiger partial charge on any atom is -0.506 e. The third kappa shape index (κ3) is 4.00. The van der Waals surface area contributed by atoms with Gasteiger partial charge < -0.3 is 15.3 Å². The predicted molar refractivity (Wildman–Crippen MR) is 96.1 cm³/mol. The zero-order chi connectivity index (χ0) is 18.9. The van der Waals surface area contributed by atoms with Crippen molar-refractivity contribution in [1.29, 1.82) is 0 Å². The zero-order valence-corrected chi connectivity index (χ0v) is 15.9. The Labute approximate surface area is 157 Å². The van der Waals surface area contributed by atoms with Gasteiger partial charge >= 0.3 is 5.97 Å². The summed E-state index contributed by atoms with van der Waals surface area (Å²) in [6.07, 6.45) is 0.388. The van der Waals surface area contributed by atoms with Crippen molar-refractivity contribution in [2.45, 2.75) is 18.2 Å². The summed E-state index contributed by atoms with van der Waals surface area (Å²) in [7, 11) is -4.32. The first-order valence-corrected chi connectivity index (χ1v) is 9.52. The van der Waals surface area contributed by atoms with Crippen LogP contribution in [0.1, 0.15) is 22.8 Å². The molecule has 0 aliphatic carbocycles. The van der Waals surface area contributed by atoms with E-state index >= 15 is 0 Å². The summed E-state index contributed by atoms with van der Waals surface area (Å²) >= 11 is 8.95. The van der Waals surface area contributed by atoms with Gasteiger partial charge in [-0.05, 0) is 36.2 Å². The van der Waals surface area contributed by atoms with Gasteiger partial charge in [-0.3, -0.25) is 4.72 Å². The molecular weight excluding hydrogens is 438 g/mol. The largest absolute Gasteiger partial charge is 0.506 e. The van der Waals surface area contributed by atoms with Gasteiger partial charge in [-0.1, -0.05) is 34.5 Å². The number of aromatic hydroxyl groups is 2. The van der Waals surface area contributed by atoms with Gasteiger partial charge in [0.05, 0.1) is 5.69 Å². The van der Waals surface area contributed by atoms with E-state index in [4.69, 9.17) is 16.7 Å². The first-order valence-electron chi connectivity index (χ1n) is 6.86. The summed E-state index contributed by atoms with van der Waals surface area (Å²) in [5.41, 5.74) is -0.573. The Morgan fingerprint density at radius 2 is 1.84 bits per heavy atom. The Kier molecular flexibility index (Phi) is 5.50. The molecule has 0 radical (unpaired) electrons. The molecule has 0 aromatic heterocycles. The van der Waals surface area contributed by atoms with E-state index in [0.29, 0.717) is 16.5 Å². The number of hydrogen-bond acceptors (Lipinski definition) is 5. The molecule has 0 aliphatic rings. The van der Waals surface area contributed by atoms with Gasteiger partial charge in [-0.2, -0.15) is 0 Å². The van der Waals surface area contributed by atoms with Crippen molar-refractivity contribution in [1.82, 2.24) is 0 Å². The number of nitrogens with one attached hydrogen (secondary N) is 1. The second-order valence-electron chi connectivity index (χ2n) is 5.03. The van der Waals surface area contributed by atoms with E-state index in [9.17, 15) is 23.4 Å². The van der Waals surface area contributed by atoms with Crippen LogP contribution in [0.4, 0.5) is 5.69 Å². The van der Waals surface area contributed by atoms with Crippen molar-refractivity contribution >= 4 is 49.2 Å². The van der Waals surface area contributed by atoms with Crippen molar-refractivity contribution in [2.24, 2.45) is 0 Å². The number of aryl methyl sites for hydroxylation is 1. The highest BCUT2D eigenvalue weighted by Gasteiger charge is 2.24. The fraction of sp³-hybridized carbons (Fsp3) is 0.133. The van der Waals surface area contributed by atoms with Gasteiger partial charge in [0.15, 0.2) is 5.75 Å². The van der Waals surface area contributed by atoms with Gasteiger partial charge in [0, 0.05) is 9.50 Å². The van der Waals surface area contributed by atoms with E-state index in [2.05, 4.69) is 20.7 Å². The number of hydrogen-bond donors (Lipinski definition) is 4. The topological polar surface area (TPSA) is 124 Å². The summed E-state index contributed by atoms with van der Waals surface area (Å²) in [6, 6.07) is 4.82. The minimum absolute atomic E-state index is 0.0828. The normalized spacial score (nSPS) is 11.3. The number of carboxylic acids is 1. The molecule has 0 fully saturated rings. The summed E-state index contributed by atoms with van der Waals surface area (Å²) in [6.45, 7) is 1.74. The molecule has 0 saturated heterocycles. The van der Waals surface area contributed by atoms with Crippen LogP contribution >= 0.6 is 27.5 Å². The molecule has 7 nitrogen and oxygen atoms in total. The lowest BCUT2D eigenvalue weighted by Gasteiger charge is -2.14. The van der Waals surface area contributed by atoms with Gasteiger partial charge in [0.25, 0.3) is 10.0 Å². The van der Waals surface area contributed by atoms with E-state index in [0.717, 1.165) is 12.1 Å². The number of phenols is 2. The summed E-state index contributed by atoms with van der Waals surface area (Å²) in [5.74, 6) is -2.69. The molecule has 0 unspecified atom stereocenters. The van der Waals surface area contributed by atoms with E-state index in [1.54, 1.807) is 13.0 Å². The Bertz CT molecular complexity index is 961. The number of rotatable bonds is 5. The van der Waals surface area contributed by atoms with Crippen LogP contribution in [-0.2, 0) is 16.4 Å². The van der Waals surface area contributed by atoms with Gasteiger partial charge in [0.2, 0.25) is 0 Å². The number of aromatic carboxylic acids is 1. The second kappa shape index (κ2) is 7.11. The summed E-state index contributed by atoms with van der Waals surface area (Å²) in [4.78, 5) is 10.7. The molecule has 25 heavy (non-hydrogen) atoms. The Balaban J connectivity index is 2.58. The molecule has 0 bridgehead atoms. The highest BCUT2D eigenvalue weighted by atomic mass is 79.9. The maximum Gasteiger partial charge on any atom is 0.339 e. The molecule has 0 saturated carbocycles. The monoisotopic (exact) mass is 449 g/mol. The lowest BCUT2D eigenvalue weighted by Crippen LogP contribution is -2.14. The second-order valence-corrected chi connectivity index (χ2v) is 8.03. The van der Waals surface area contributed by atoms with Crippen molar-refractivity contribution in [3.8, 4) is 11.5 Å². The van der Waals surface area contributed by atoms with Crippen molar-refractivity contribution < 1.29 is 28.5 Å². The fourth-order valence-corrected chi connectivity index (χ4v) is 4.24. The Morgan fingerprint density at radius 3 is 2.40 bits per heavy atom. The van der Waals surface area contributed by atoms with Crippen molar-refractivity contribution in [3.05, 3.63) is 44.9 Å². The molecule has 134 valence electrons. The quantitative estimate of drug-likeness (QED) is 0.516. The summed E-state index contributed by atoms with van der Waals surface area (Å²) < 4.78 is 27.7. The maximum atomic E-state index is 12.6. The molecule has 2 aromatic rings. The average molecular weight is 451 g/mol. The van der Waals surface area contributed by atoms with Crippen LogP contribution in [0.25, 0.3) is 0 Å². The Hall–Kier alpha value is -1.97. The number of carbonyl (C=O) groups is 1. The number of anilines is 1. The molecule has 4 N–H and O–H groups in total. The van der Waals surface area contributed by atoms with Crippen LogP contribution in [0.15, 0.2) is 33.6 Å². The van der Waals surface area contributed by atoms with Gasteiger partial charge in [-0.15, -0.1) is 0 Å². The highest BCUT2D eigenvalue weighted by molar-refractivity contribution is 9.10. The smallest absolute Gasteiger partial charge is 0.339 e. The molecule has 0 amide bonds. The van der Waals surface area contributed by atoms with Crippen LogP contribution in [-0.4, -0.2) is 29.7 Å². The standard InChI is InChI=1S/C15H13BrClNO6S/c1-2-7-3-8(16)4-12(13(7)19)25(23,24)18-11-6-9(17)5-10(14(11)20)15(21)22/h3-6,18-20H,2H2,1H3,(H,21,22). The van der Waals surface area contributed by atoms with E-state index < -0.39 is 43.6 Å². The Morgan fingerprint density at radius 1 is 1.20 bits per heavy atom. The van der Waals surface area contributed by atoms with Gasteiger partial charge in [-0.25, -0.2) is 13.2 Å². The maximum absolute atomic E-state index is 12.6. The predicted octanol–water partition coefficient (Wildman–Crippen LogP) is 3.58.